The Morgan fingerprint density at radius 2 is 2.10 bits per heavy atom. The van der Waals surface area contributed by atoms with Gasteiger partial charge in [-0.1, -0.05) is 12.1 Å². The first kappa shape index (κ1) is 13.7. The van der Waals surface area contributed by atoms with E-state index in [-0.39, 0.29) is 11.8 Å². The van der Waals surface area contributed by atoms with Gasteiger partial charge in [0, 0.05) is 0 Å². The number of anilines is 1. The lowest BCUT2D eigenvalue weighted by atomic mass is 10.1. The van der Waals surface area contributed by atoms with Gasteiger partial charge in [-0.15, -0.1) is 0 Å². The minimum absolute atomic E-state index is 0.157. The number of methoxy groups -OCH3 is 1. The van der Waals surface area contributed by atoms with E-state index in [1.165, 1.54) is 7.11 Å². The van der Waals surface area contributed by atoms with Gasteiger partial charge in [-0.25, -0.2) is 4.79 Å². The molecule has 5 heteroatoms. The molecule has 0 aliphatic heterocycles. The number of ether oxygens (including phenoxy) is 1. The number of nitrogens with zero attached hydrogens (tertiary/aromatic N) is 1. The number of nitrogens with one attached hydrogen (secondary N) is 1. The van der Waals surface area contributed by atoms with E-state index in [1.54, 1.807) is 24.3 Å². The maximum absolute atomic E-state index is 11.3. The molecule has 1 unspecified atom stereocenters. The number of esters is 1. The molecule has 0 bridgehead atoms. The summed E-state index contributed by atoms with van der Waals surface area (Å²) in [7, 11) is 1.30. The van der Waals surface area contributed by atoms with Crippen molar-refractivity contribution < 1.29 is 13.9 Å². The molecule has 0 aliphatic carbocycles. The summed E-state index contributed by atoms with van der Waals surface area (Å²) in [4.78, 5) is 11.3. The first-order valence-electron chi connectivity index (χ1n) is 6.09. The summed E-state index contributed by atoms with van der Waals surface area (Å²) < 4.78 is 10.0. The van der Waals surface area contributed by atoms with E-state index in [4.69, 9.17) is 9.68 Å². The van der Waals surface area contributed by atoms with Gasteiger partial charge >= 0.3 is 5.97 Å². The average molecular weight is 270 g/mol. The van der Waals surface area contributed by atoms with Crippen molar-refractivity contribution in [2.75, 3.05) is 12.4 Å². The van der Waals surface area contributed by atoms with Gasteiger partial charge in [0.2, 0.25) is 5.76 Å². The minimum Gasteiger partial charge on any atom is -0.463 e. The Morgan fingerprint density at radius 1 is 1.35 bits per heavy atom. The summed E-state index contributed by atoms with van der Waals surface area (Å²) >= 11 is 0. The second-order valence-corrected chi connectivity index (χ2v) is 4.22. The van der Waals surface area contributed by atoms with Crippen molar-refractivity contribution in [3.05, 3.63) is 53.5 Å². The van der Waals surface area contributed by atoms with Crippen LogP contribution in [-0.4, -0.2) is 13.1 Å². The monoisotopic (exact) mass is 270 g/mol. The summed E-state index contributed by atoms with van der Waals surface area (Å²) in [5.74, 6) is 0.240. The van der Waals surface area contributed by atoms with Gasteiger partial charge in [0.05, 0.1) is 24.4 Å². The molecule has 0 saturated carbocycles. The molecule has 0 fully saturated rings. The molecule has 1 N–H and O–H groups in total. The third kappa shape index (κ3) is 2.81. The van der Waals surface area contributed by atoms with Gasteiger partial charge < -0.3 is 14.5 Å². The highest BCUT2D eigenvalue weighted by Gasteiger charge is 2.16. The van der Waals surface area contributed by atoms with Crippen LogP contribution < -0.4 is 5.32 Å². The molecule has 0 aliphatic rings. The topological polar surface area (TPSA) is 75.3 Å². The standard InChI is InChI=1S/C15H14N2O3/c1-10(13-7-8-14(20-13)15(18)19-2)17-12-6-4-3-5-11(12)9-16/h3-8,10,17H,1-2H3. The van der Waals surface area contributed by atoms with Crippen molar-refractivity contribution in [1.29, 1.82) is 5.26 Å². The zero-order valence-electron chi connectivity index (χ0n) is 11.2. The van der Waals surface area contributed by atoms with Crippen LogP contribution in [0.5, 0.6) is 0 Å². The first-order valence-corrected chi connectivity index (χ1v) is 6.09. The lowest BCUT2D eigenvalue weighted by molar-refractivity contribution is 0.0562. The summed E-state index contributed by atoms with van der Waals surface area (Å²) in [6.45, 7) is 1.88. The van der Waals surface area contributed by atoms with E-state index in [2.05, 4.69) is 16.1 Å². The number of benzene rings is 1. The zero-order chi connectivity index (χ0) is 14.5. The van der Waals surface area contributed by atoms with Gasteiger partial charge in [-0.2, -0.15) is 5.26 Å². The largest absolute Gasteiger partial charge is 0.463 e. The second kappa shape index (κ2) is 5.93. The summed E-state index contributed by atoms with van der Waals surface area (Å²) in [6.07, 6.45) is 0. The maximum atomic E-state index is 11.3. The maximum Gasteiger partial charge on any atom is 0.373 e. The lowest BCUT2D eigenvalue weighted by Gasteiger charge is -2.13. The van der Waals surface area contributed by atoms with Crippen LogP contribution in [0, 0.1) is 11.3 Å². The molecular weight excluding hydrogens is 256 g/mol. The number of carbonyl (C=O) groups is 1. The molecule has 0 spiro atoms. The van der Waals surface area contributed by atoms with Crippen LogP contribution in [0.1, 0.15) is 34.8 Å². The van der Waals surface area contributed by atoms with Crippen molar-refractivity contribution in [3.8, 4) is 6.07 Å². The normalized spacial score (nSPS) is 11.4. The van der Waals surface area contributed by atoms with Crippen molar-refractivity contribution in [2.45, 2.75) is 13.0 Å². The fraction of sp³-hybridized carbons (Fsp3) is 0.200. The van der Waals surface area contributed by atoms with Crippen LogP contribution in [0.4, 0.5) is 5.69 Å². The molecule has 2 aromatic rings. The Bertz CT molecular complexity index is 655. The summed E-state index contributed by atoms with van der Waals surface area (Å²) in [5, 5.41) is 12.2. The van der Waals surface area contributed by atoms with Gasteiger partial charge in [-0.3, -0.25) is 0 Å². The van der Waals surface area contributed by atoms with Crippen LogP contribution in [0.3, 0.4) is 0 Å². The third-order valence-corrected chi connectivity index (χ3v) is 2.86. The SMILES string of the molecule is COC(=O)c1ccc(C(C)Nc2ccccc2C#N)o1. The van der Waals surface area contributed by atoms with Gasteiger partial charge in [0.1, 0.15) is 11.8 Å². The minimum atomic E-state index is -0.513. The number of furan rings is 1. The fourth-order valence-corrected chi connectivity index (χ4v) is 1.81. The fourth-order valence-electron chi connectivity index (χ4n) is 1.81. The molecule has 2 rings (SSSR count). The highest BCUT2D eigenvalue weighted by Crippen LogP contribution is 2.23. The van der Waals surface area contributed by atoms with E-state index in [0.717, 1.165) is 5.69 Å². The van der Waals surface area contributed by atoms with E-state index < -0.39 is 5.97 Å². The van der Waals surface area contributed by atoms with Gasteiger partial charge in [0.25, 0.3) is 0 Å². The molecule has 1 aromatic carbocycles. The van der Waals surface area contributed by atoms with E-state index in [1.807, 2.05) is 19.1 Å². The van der Waals surface area contributed by atoms with Gasteiger partial charge in [-0.05, 0) is 31.2 Å². The Labute approximate surface area is 116 Å². The number of nitriles is 1. The number of hydrogen-bond acceptors (Lipinski definition) is 5. The summed E-state index contributed by atoms with van der Waals surface area (Å²) in [6, 6.07) is 12.4. The Morgan fingerprint density at radius 3 is 2.80 bits per heavy atom. The number of hydrogen-bond donors (Lipinski definition) is 1. The van der Waals surface area contributed by atoms with Gasteiger partial charge in [0.15, 0.2) is 0 Å². The van der Waals surface area contributed by atoms with Crippen LogP contribution in [0.2, 0.25) is 0 Å². The van der Waals surface area contributed by atoms with Crippen molar-refractivity contribution in [2.24, 2.45) is 0 Å². The third-order valence-electron chi connectivity index (χ3n) is 2.86. The van der Waals surface area contributed by atoms with Crippen molar-refractivity contribution >= 4 is 11.7 Å². The molecule has 5 nitrogen and oxygen atoms in total. The lowest BCUT2D eigenvalue weighted by Crippen LogP contribution is -2.07. The van der Waals surface area contributed by atoms with Crippen LogP contribution in [0.25, 0.3) is 0 Å². The van der Waals surface area contributed by atoms with Crippen LogP contribution in [0.15, 0.2) is 40.8 Å². The molecule has 1 atom stereocenters. The quantitative estimate of drug-likeness (QED) is 0.864. The smallest absolute Gasteiger partial charge is 0.373 e. The predicted molar refractivity (Wildman–Crippen MR) is 73.2 cm³/mol. The Hall–Kier alpha value is -2.74. The predicted octanol–water partition coefficient (Wildman–Crippen LogP) is 3.11. The zero-order valence-corrected chi connectivity index (χ0v) is 11.2. The molecule has 1 aromatic heterocycles. The van der Waals surface area contributed by atoms with Crippen molar-refractivity contribution in [1.82, 2.24) is 0 Å². The second-order valence-electron chi connectivity index (χ2n) is 4.22. The Balaban J connectivity index is 2.16. The molecular formula is C15H14N2O3. The highest BCUT2D eigenvalue weighted by atomic mass is 16.5. The average Bonchev–Trinajstić information content (AvgIpc) is 2.97. The Kier molecular flexibility index (Phi) is 4.06. The number of carbonyl (C=O) groups excluding carboxylic acids is 1. The van der Waals surface area contributed by atoms with Crippen molar-refractivity contribution in [3.63, 3.8) is 0 Å². The van der Waals surface area contributed by atoms with E-state index in [9.17, 15) is 4.79 Å². The molecule has 0 radical (unpaired) electrons. The molecule has 102 valence electrons. The first-order chi connectivity index (χ1) is 9.65. The molecule has 0 amide bonds. The molecule has 0 saturated heterocycles. The van der Waals surface area contributed by atoms with Crippen LogP contribution >= 0.6 is 0 Å². The molecule has 1 heterocycles. The van der Waals surface area contributed by atoms with Crippen LogP contribution in [-0.2, 0) is 4.74 Å². The van der Waals surface area contributed by atoms with E-state index >= 15 is 0 Å². The van der Waals surface area contributed by atoms with E-state index in [0.29, 0.717) is 11.3 Å². The highest BCUT2D eigenvalue weighted by molar-refractivity contribution is 5.86. The number of rotatable bonds is 4. The molecule has 20 heavy (non-hydrogen) atoms. The summed E-state index contributed by atoms with van der Waals surface area (Å²) in [5.41, 5.74) is 1.28. The number of para-hydroxylation sites is 1.